The number of nitrogens with zero attached hydrogens (tertiary/aromatic N) is 2. The first-order chi connectivity index (χ1) is 51.3. The Bertz CT molecular complexity index is 3370. The van der Waals surface area contributed by atoms with Crippen molar-refractivity contribution in [1.29, 1.82) is 0 Å². The molecule has 1 heterocycles. The van der Waals surface area contributed by atoms with Crippen molar-refractivity contribution in [2.24, 2.45) is 51.6 Å². The molecule has 43 nitrogen and oxygen atoms in total. The second kappa shape index (κ2) is 49.3. The molecule has 0 bridgehead atoms. The molecule has 1 aromatic rings. The number of nitrogens with one attached hydrogen (secondary N) is 14. The molecule has 0 aliphatic heterocycles. The van der Waals surface area contributed by atoms with Gasteiger partial charge in [-0.15, -0.1) is 0 Å². The standard InChI is InChI=1S/C66H110N20O23S/c1-29(2)21-36(67)54(97)76-38(15-17-47(89)90)55(98)74-34(10)53(96)85-51(32(7)8)64(107)86-50(31(5)6)63(106)83-42(23-35-26-71-28-73-35)59(102)78-39(18-20-110-11)57(100)84-45(27-87)62(105)77-37(14-16-46(68)88)56(99)81-43(24-48(91)92)61(104)82-44(25-49(93)94)60(103)80-41(22-30(3)4)58(101)75-33(9)52(95)79-40(65(108)109)13-12-19-72-66(69)70/h26,28-34,36-45,50-51,87H,12-25,27,67H2,1-11H3,(H2,68,88)(H,71,73)(H,74,98)(H,75,101)(H,76,97)(H,77,105)(H,78,102)(H,79,95)(H,80,103)(H,81,99)(H,82,104)(H,83,106)(H,84,100)(H,85,96)(H,86,107)(H,89,90)(H,91,92)(H,93,94)(H,108,109)(H4,69,70,72)/t33-,34-,36-,37-,38-,39-,40-,41-,42-,43-,44-,45-,50-,51-/m0/s1. The molecular weight excluding hydrogens is 1470 g/mol. The van der Waals surface area contributed by atoms with E-state index in [1.165, 1.54) is 38.1 Å². The van der Waals surface area contributed by atoms with E-state index >= 15 is 0 Å². The molecule has 1 rings (SSSR count). The summed E-state index contributed by atoms with van der Waals surface area (Å²) in [6, 6.07) is -22.6. The number of aromatic nitrogens is 2. The highest BCUT2D eigenvalue weighted by molar-refractivity contribution is 7.98. The van der Waals surface area contributed by atoms with Gasteiger partial charge >= 0.3 is 23.9 Å². The van der Waals surface area contributed by atoms with Gasteiger partial charge in [0, 0.05) is 37.7 Å². The minimum Gasteiger partial charge on any atom is -0.481 e. The number of aliphatic hydroxyl groups excluding tert-OH is 1. The number of H-pyrrole nitrogens is 1. The molecule has 0 unspecified atom stereocenters. The molecule has 27 N–H and O–H groups in total. The number of carboxylic acids is 4. The van der Waals surface area contributed by atoms with E-state index in [0.717, 1.165) is 0 Å². The summed E-state index contributed by atoms with van der Waals surface area (Å²) in [5.74, 6) is -23.3. The van der Waals surface area contributed by atoms with E-state index in [0.29, 0.717) is 0 Å². The van der Waals surface area contributed by atoms with E-state index < -0.39 is 248 Å². The second-order valence-corrected chi connectivity index (χ2v) is 28.5. The first kappa shape index (κ1) is 97.2. The van der Waals surface area contributed by atoms with Gasteiger partial charge in [-0.1, -0.05) is 55.4 Å². The highest BCUT2D eigenvalue weighted by atomic mass is 32.2. The molecule has 0 saturated carbocycles. The number of primary amides is 1. The number of carboxylic acid groups (broad SMARTS) is 4. The average molecular weight is 1580 g/mol. The SMILES string of the molecule is CSCC[C@H](NC(=O)[C@H](Cc1cnc[nH]1)NC(=O)[C@@H](NC(=O)[C@@H](NC(=O)[C@H](C)NC(=O)[C@H](CCC(=O)O)NC(=O)[C@@H](N)CC(C)C)C(C)C)C(C)C)C(=O)N[C@@H](CO)C(=O)N[C@@H](CCC(N)=O)C(=O)N[C@@H](CC(=O)O)C(=O)N[C@@H](CC(=O)O)C(=O)N[C@@H](CC(C)C)C(=O)N[C@@H](C)C(=O)N[C@@H](CCCN=C(N)N)C(=O)O. The van der Waals surface area contributed by atoms with Crippen LogP contribution >= 0.6 is 11.8 Å². The van der Waals surface area contributed by atoms with E-state index in [-0.39, 0.29) is 74.8 Å². The number of aliphatic imine (C=N–C) groups is 1. The highest BCUT2D eigenvalue weighted by Crippen LogP contribution is 2.14. The minimum absolute atomic E-state index is 0.000454. The molecule has 0 fully saturated rings. The first-order valence-corrected chi connectivity index (χ1v) is 36.7. The maximum atomic E-state index is 14.5. The number of aromatic amines is 1. The quantitative estimate of drug-likeness (QED) is 0.0164. The monoisotopic (exact) mass is 1580 g/mol. The average Bonchev–Trinajstić information content (AvgIpc) is 1.01. The van der Waals surface area contributed by atoms with Crippen LogP contribution in [0.3, 0.4) is 0 Å². The Morgan fingerprint density at radius 3 is 1.27 bits per heavy atom. The molecule has 0 radical (unpaired) electrons. The maximum absolute atomic E-state index is 14.5. The predicted octanol–water partition coefficient (Wildman–Crippen LogP) is -7.01. The van der Waals surface area contributed by atoms with Crippen molar-refractivity contribution in [2.45, 2.75) is 231 Å². The zero-order chi connectivity index (χ0) is 84.0. The van der Waals surface area contributed by atoms with Crippen molar-refractivity contribution in [3.05, 3.63) is 18.2 Å². The van der Waals surface area contributed by atoms with E-state index in [1.807, 2.05) is 19.2 Å². The summed E-state index contributed by atoms with van der Waals surface area (Å²) in [5.41, 5.74) is 22.2. The van der Waals surface area contributed by atoms with Gasteiger partial charge in [-0.3, -0.25) is 86.5 Å². The Labute approximate surface area is 638 Å². The lowest BCUT2D eigenvalue weighted by Gasteiger charge is -2.30. The molecule has 0 aliphatic rings. The zero-order valence-electron chi connectivity index (χ0n) is 63.4. The topological polar surface area (TPSA) is 710 Å². The molecule has 0 aromatic carbocycles. The van der Waals surface area contributed by atoms with Crippen molar-refractivity contribution >= 4 is 124 Å². The van der Waals surface area contributed by atoms with E-state index in [1.54, 1.807) is 47.8 Å². The van der Waals surface area contributed by atoms with Gasteiger partial charge < -0.3 is 123 Å². The number of thioether (sulfide) groups is 1. The second-order valence-electron chi connectivity index (χ2n) is 27.5. The molecule has 14 amide bonds. The number of carbonyl (C=O) groups is 18. The van der Waals surface area contributed by atoms with Crippen molar-refractivity contribution in [2.75, 3.05) is 25.2 Å². The lowest BCUT2D eigenvalue weighted by Crippen LogP contribution is -2.62. The van der Waals surface area contributed by atoms with Gasteiger partial charge in [0.05, 0.1) is 31.8 Å². The Balaban J connectivity index is 3.52. The van der Waals surface area contributed by atoms with Crippen molar-refractivity contribution in [1.82, 2.24) is 79.1 Å². The van der Waals surface area contributed by atoms with Gasteiger partial charge in [-0.05, 0) is 94.5 Å². The maximum Gasteiger partial charge on any atom is 0.326 e. The van der Waals surface area contributed by atoms with Crippen LogP contribution in [0.2, 0.25) is 0 Å². The van der Waals surface area contributed by atoms with E-state index in [9.17, 15) is 112 Å². The van der Waals surface area contributed by atoms with Crippen LogP contribution in [-0.2, 0) is 92.7 Å². The van der Waals surface area contributed by atoms with Gasteiger partial charge in [0.1, 0.15) is 78.5 Å². The van der Waals surface area contributed by atoms with Gasteiger partial charge in [0.25, 0.3) is 0 Å². The van der Waals surface area contributed by atoms with Crippen LogP contribution in [0, 0.1) is 23.7 Å². The molecule has 0 aliphatic carbocycles. The number of carbonyl (C=O) groups excluding carboxylic acids is 14. The fourth-order valence-corrected chi connectivity index (χ4v) is 10.8. The third-order valence-corrected chi connectivity index (χ3v) is 16.9. The largest absolute Gasteiger partial charge is 0.481 e. The molecule has 14 atom stereocenters. The third-order valence-electron chi connectivity index (χ3n) is 16.2. The predicted molar refractivity (Wildman–Crippen MR) is 393 cm³/mol. The molecular formula is C66H110N20O23S. The van der Waals surface area contributed by atoms with Crippen LogP contribution < -0.4 is 92.1 Å². The van der Waals surface area contributed by atoms with Gasteiger partial charge in [0.15, 0.2) is 5.96 Å². The van der Waals surface area contributed by atoms with E-state index in [4.69, 9.17) is 22.9 Å². The number of nitrogens with two attached hydrogens (primary N) is 4. The van der Waals surface area contributed by atoms with Crippen LogP contribution in [0.15, 0.2) is 17.5 Å². The Morgan fingerprint density at radius 1 is 0.445 bits per heavy atom. The fraction of sp³-hybridized carbons (Fsp3) is 0.667. The molecule has 0 saturated heterocycles. The number of imidazole rings is 1. The van der Waals surface area contributed by atoms with Crippen LogP contribution in [0.5, 0.6) is 0 Å². The molecule has 1 aromatic heterocycles. The summed E-state index contributed by atoms with van der Waals surface area (Å²) in [6.07, 6.45) is -1.01. The Morgan fingerprint density at radius 2 is 0.836 bits per heavy atom. The van der Waals surface area contributed by atoms with Crippen LogP contribution in [-0.4, -0.2) is 258 Å². The molecule has 110 heavy (non-hydrogen) atoms. The number of hydrogen-bond acceptors (Lipinski definition) is 23. The number of rotatable bonds is 53. The molecule has 618 valence electrons. The summed E-state index contributed by atoms with van der Waals surface area (Å²) in [4.78, 5) is 250. The van der Waals surface area contributed by atoms with Gasteiger partial charge in [0.2, 0.25) is 82.7 Å². The number of guanidine groups is 1. The highest BCUT2D eigenvalue weighted by Gasteiger charge is 2.39. The summed E-state index contributed by atoms with van der Waals surface area (Å²) >= 11 is 1.21. The normalized spacial score (nSPS) is 15.0. The fourth-order valence-electron chi connectivity index (χ4n) is 10.3. The van der Waals surface area contributed by atoms with Crippen LogP contribution in [0.1, 0.15) is 146 Å². The number of amides is 14. The summed E-state index contributed by atoms with van der Waals surface area (Å²) in [5, 5.41) is 79.8. The Kier molecular flexibility index (Phi) is 43.6. The van der Waals surface area contributed by atoms with Crippen LogP contribution in [0.4, 0.5) is 0 Å². The molecule has 0 spiro atoms. The summed E-state index contributed by atoms with van der Waals surface area (Å²) < 4.78 is 0. The number of aliphatic hydroxyl groups is 1. The zero-order valence-corrected chi connectivity index (χ0v) is 64.2. The van der Waals surface area contributed by atoms with Crippen molar-refractivity contribution < 1.29 is 112 Å². The molecule has 44 heteroatoms. The summed E-state index contributed by atoms with van der Waals surface area (Å²) in [7, 11) is 0. The number of hydrogen-bond donors (Lipinski definition) is 23. The number of aliphatic carboxylic acids is 4. The Hall–Kier alpha value is -10.8. The van der Waals surface area contributed by atoms with Crippen molar-refractivity contribution in [3.8, 4) is 0 Å². The van der Waals surface area contributed by atoms with Crippen LogP contribution in [0.25, 0.3) is 0 Å². The van der Waals surface area contributed by atoms with E-state index in [2.05, 4.69) is 78.8 Å². The smallest absolute Gasteiger partial charge is 0.326 e. The van der Waals surface area contributed by atoms with Gasteiger partial charge in [-0.25, -0.2) is 9.78 Å². The lowest BCUT2D eigenvalue weighted by molar-refractivity contribution is -0.144. The van der Waals surface area contributed by atoms with Crippen molar-refractivity contribution in [3.63, 3.8) is 0 Å². The summed E-state index contributed by atoms with van der Waals surface area (Å²) in [6.45, 7) is 14.4. The third kappa shape index (κ3) is 37.4. The lowest BCUT2D eigenvalue weighted by atomic mass is 9.98. The van der Waals surface area contributed by atoms with Gasteiger partial charge in [-0.2, -0.15) is 11.8 Å². The minimum atomic E-state index is -2.22. The first-order valence-electron chi connectivity index (χ1n) is 35.3.